The molecule has 1 unspecified atom stereocenters. The fraction of sp³-hybridized carbons (Fsp3) is 0.800. The van der Waals surface area contributed by atoms with Crippen LogP contribution in [0.4, 0.5) is 0 Å². The van der Waals surface area contributed by atoms with Gasteiger partial charge in [0.05, 0.1) is 18.7 Å². The van der Waals surface area contributed by atoms with E-state index >= 15 is 0 Å². The van der Waals surface area contributed by atoms with Gasteiger partial charge in [0.25, 0.3) is 0 Å². The van der Waals surface area contributed by atoms with Crippen molar-refractivity contribution in [2.45, 2.75) is 39.5 Å². The van der Waals surface area contributed by atoms with Crippen LogP contribution < -0.4 is 0 Å². The summed E-state index contributed by atoms with van der Waals surface area (Å²) in [5, 5.41) is 0. The molecule has 0 spiro atoms. The van der Waals surface area contributed by atoms with Crippen molar-refractivity contribution in [1.82, 2.24) is 0 Å². The Morgan fingerprint density at radius 2 is 2.07 bits per heavy atom. The van der Waals surface area contributed by atoms with E-state index in [9.17, 15) is 4.57 Å². The van der Waals surface area contributed by atoms with Crippen LogP contribution in [0.15, 0.2) is 12.1 Å². The molecule has 0 bridgehead atoms. The van der Waals surface area contributed by atoms with E-state index in [1.807, 2.05) is 0 Å². The van der Waals surface area contributed by atoms with Gasteiger partial charge in [0.1, 0.15) is 0 Å². The third kappa shape index (κ3) is 9.98. The Kier molecular flexibility index (Phi) is 7.75. The highest BCUT2D eigenvalue weighted by atomic mass is 31.2. The number of unbranched alkanes of at least 4 members (excludes halogenated alkanes) is 1. The second-order valence-corrected chi connectivity index (χ2v) is 5.10. The number of hydrogen-bond donors (Lipinski definition) is 2. The third-order valence-corrected chi connectivity index (χ3v) is 2.74. The Morgan fingerprint density at radius 1 is 1.40 bits per heavy atom. The zero-order valence-corrected chi connectivity index (χ0v) is 10.3. The van der Waals surface area contributed by atoms with Crippen LogP contribution >= 0.6 is 7.60 Å². The summed E-state index contributed by atoms with van der Waals surface area (Å²) >= 11 is 0. The van der Waals surface area contributed by atoms with Crippen molar-refractivity contribution in [2.24, 2.45) is 5.92 Å². The molecule has 5 heteroatoms. The second-order valence-electron chi connectivity index (χ2n) is 3.62. The SMILES string of the molecule is CCCCC(CC)COC=CP(=O)(O)O. The Labute approximate surface area is 91.5 Å². The first kappa shape index (κ1) is 14.7. The molecule has 0 radical (unpaired) electrons. The van der Waals surface area contributed by atoms with Crippen LogP contribution in [0, 0.1) is 5.92 Å². The fourth-order valence-electron chi connectivity index (χ4n) is 1.21. The first-order valence-electron chi connectivity index (χ1n) is 5.34. The van der Waals surface area contributed by atoms with Gasteiger partial charge in [0.15, 0.2) is 0 Å². The largest absolute Gasteiger partial charge is 0.501 e. The molecule has 0 heterocycles. The van der Waals surface area contributed by atoms with Gasteiger partial charge in [-0.1, -0.05) is 33.1 Å². The minimum Gasteiger partial charge on any atom is -0.501 e. The normalized spacial score (nSPS) is 14.4. The van der Waals surface area contributed by atoms with E-state index in [0.29, 0.717) is 12.5 Å². The van der Waals surface area contributed by atoms with E-state index in [2.05, 4.69) is 13.8 Å². The van der Waals surface area contributed by atoms with Crippen LogP contribution in [0.2, 0.25) is 0 Å². The van der Waals surface area contributed by atoms with E-state index < -0.39 is 7.60 Å². The van der Waals surface area contributed by atoms with E-state index in [4.69, 9.17) is 14.5 Å². The summed E-state index contributed by atoms with van der Waals surface area (Å²) in [5.41, 5.74) is 0. The average molecular weight is 236 g/mol. The molecule has 0 aromatic heterocycles. The lowest BCUT2D eigenvalue weighted by molar-refractivity contribution is 0.183. The third-order valence-electron chi connectivity index (χ3n) is 2.23. The molecule has 4 nitrogen and oxygen atoms in total. The highest BCUT2D eigenvalue weighted by Crippen LogP contribution is 2.35. The topological polar surface area (TPSA) is 66.8 Å². The van der Waals surface area contributed by atoms with Crippen LogP contribution in [-0.2, 0) is 9.30 Å². The lowest BCUT2D eigenvalue weighted by Gasteiger charge is -2.13. The average Bonchev–Trinajstić information content (AvgIpc) is 2.15. The smallest absolute Gasteiger partial charge is 0.352 e. The van der Waals surface area contributed by atoms with Gasteiger partial charge < -0.3 is 14.5 Å². The number of rotatable bonds is 8. The molecule has 0 aliphatic carbocycles. The molecule has 0 fully saturated rings. The monoisotopic (exact) mass is 236 g/mol. The highest BCUT2D eigenvalue weighted by molar-refractivity contribution is 7.55. The van der Waals surface area contributed by atoms with Crippen LogP contribution in [0.5, 0.6) is 0 Å². The maximum atomic E-state index is 10.4. The second kappa shape index (κ2) is 7.91. The summed E-state index contributed by atoms with van der Waals surface area (Å²) in [5.74, 6) is 1.27. The molecule has 0 saturated heterocycles. The molecule has 0 amide bonds. The lowest BCUT2D eigenvalue weighted by atomic mass is 10.0. The van der Waals surface area contributed by atoms with Crippen LogP contribution in [0.1, 0.15) is 39.5 Å². The van der Waals surface area contributed by atoms with E-state index in [1.54, 1.807) is 0 Å². The van der Waals surface area contributed by atoms with Gasteiger partial charge in [-0.2, -0.15) is 0 Å². The molecule has 0 aliphatic heterocycles. The van der Waals surface area contributed by atoms with Gasteiger partial charge in [-0.05, 0) is 12.3 Å². The zero-order chi connectivity index (χ0) is 11.7. The first-order valence-corrected chi connectivity index (χ1v) is 7.02. The number of ether oxygens (including phenoxy) is 1. The highest BCUT2D eigenvalue weighted by Gasteiger charge is 2.07. The quantitative estimate of drug-likeness (QED) is 0.502. The van der Waals surface area contributed by atoms with Crippen molar-refractivity contribution < 1.29 is 19.1 Å². The molecule has 0 rings (SSSR count). The summed E-state index contributed by atoms with van der Waals surface area (Å²) in [6.07, 6.45) is 5.58. The fourth-order valence-corrected chi connectivity index (χ4v) is 1.46. The van der Waals surface area contributed by atoms with E-state index in [1.165, 1.54) is 6.42 Å². The molecule has 15 heavy (non-hydrogen) atoms. The lowest BCUT2D eigenvalue weighted by Crippen LogP contribution is -2.06. The van der Waals surface area contributed by atoms with Crippen LogP contribution in [0.3, 0.4) is 0 Å². The summed E-state index contributed by atoms with van der Waals surface area (Å²) in [7, 11) is -4.06. The maximum Gasteiger partial charge on any atom is 0.352 e. The van der Waals surface area contributed by atoms with Crippen LogP contribution in [0.25, 0.3) is 0 Å². The van der Waals surface area contributed by atoms with Crippen molar-refractivity contribution in [3.05, 3.63) is 12.1 Å². The van der Waals surface area contributed by atoms with Gasteiger partial charge in [0.2, 0.25) is 0 Å². The molecule has 2 N–H and O–H groups in total. The molecule has 0 saturated carbocycles. The maximum absolute atomic E-state index is 10.4. The van der Waals surface area contributed by atoms with Crippen molar-refractivity contribution in [1.29, 1.82) is 0 Å². The molecule has 0 aliphatic rings. The molecule has 0 aromatic carbocycles. The minimum atomic E-state index is -4.06. The predicted octanol–water partition coefficient (Wildman–Crippen LogP) is 2.87. The van der Waals surface area contributed by atoms with Gasteiger partial charge in [-0.15, -0.1) is 0 Å². The Hall–Kier alpha value is -0.310. The molecular formula is C10H21O4P. The van der Waals surface area contributed by atoms with E-state index in [0.717, 1.165) is 31.3 Å². The summed E-state index contributed by atoms with van der Waals surface area (Å²) in [4.78, 5) is 17.1. The Bertz CT molecular complexity index is 221. The summed E-state index contributed by atoms with van der Waals surface area (Å²) < 4.78 is 15.5. The standard InChI is InChI=1S/C10H21O4P/c1-3-5-6-10(4-2)9-14-7-8-15(11,12)13/h7-8,10H,3-6,9H2,1-2H3,(H2,11,12,13). The number of hydrogen-bond acceptors (Lipinski definition) is 2. The minimum absolute atomic E-state index is 0.478. The van der Waals surface area contributed by atoms with Crippen LogP contribution in [-0.4, -0.2) is 16.4 Å². The molecular weight excluding hydrogens is 215 g/mol. The van der Waals surface area contributed by atoms with Gasteiger partial charge in [-0.25, -0.2) is 0 Å². The summed E-state index contributed by atoms with van der Waals surface area (Å²) in [6, 6.07) is 0. The Morgan fingerprint density at radius 3 is 2.53 bits per heavy atom. The predicted molar refractivity (Wildman–Crippen MR) is 60.4 cm³/mol. The van der Waals surface area contributed by atoms with Crippen molar-refractivity contribution in [3.8, 4) is 0 Å². The van der Waals surface area contributed by atoms with Crippen molar-refractivity contribution in [3.63, 3.8) is 0 Å². The van der Waals surface area contributed by atoms with Gasteiger partial charge >= 0.3 is 7.60 Å². The van der Waals surface area contributed by atoms with Gasteiger partial charge in [0, 0.05) is 0 Å². The van der Waals surface area contributed by atoms with E-state index in [-0.39, 0.29) is 0 Å². The van der Waals surface area contributed by atoms with Crippen molar-refractivity contribution in [2.75, 3.05) is 6.61 Å². The Balaban J connectivity index is 3.72. The molecule has 0 aromatic rings. The molecule has 1 atom stereocenters. The summed E-state index contributed by atoms with van der Waals surface area (Å²) in [6.45, 7) is 4.77. The first-order chi connectivity index (χ1) is 6.99. The molecule has 90 valence electrons. The van der Waals surface area contributed by atoms with Gasteiger partial charge in [-0.3, -0.25) is 4.57 Å². The zero-order valence-electron chi connectivity index (χ0n) is 9.43. The van der Waals surface area contributed by atoms with Crippen molar-refractivity contribution >= 4 is 7.60 Å².